The molecule has 0 atom stereocenters. The van der Waals surface area contributed by atoms with Gasteiger partial charge in [-0.15, -0.1) is 0 Å². The smallest absolute Gasteiger partial charge is 0.246 e. The van der Waals surface area contributed by atoms with Crippen molar-refractivity contribution in [3.8, 4) is 5.75 Å². The van der Waals surface area contributed by atoms with Gasteiger partial charge in [-0.05, 0) is 36.6 Å². The Balaban J connectivity index is 2.06. The molecule has 1 saturated carbocycles. The van der Waals surface area contributed by atoms with Gasteiger partial charge in [-0.2, -0.15) is 0 Å². The fraction of sp³-hybridized carbons (Fsp3) is 0.357. The van der Waals surface area contributed by atoms with Crippen LogP contribution in [0.4, 0.5) is 0 Å². The van der Waals surface area contributed by atoms with Gasteiger partial charge < -0.3 is 9.64 Å². The van der Waals surface area contributed by atoms with Crippen LogP contribution in [0.3, 0.4) is 0 Å². The number of amides is 1. The van der Waals surface area contributed by atoms with Crippen molar-refractivity contribution in [2.75, 3.05) is 7.11 Å². The second kappa shape index (κ2) is 5.04. The third-order valence-corrected chi connectivity index (χ3v) is 2.96. The van der Waals surface area contributed by atoms with Gasteiger partial charge >= 0.3 is 0 Å². The summed E-state index contributed by atoms with van der Waals surface area (Å²) < 4.78 is 5.11. The Morgan fingerprint density at radius 3 is 2.59 bits per heavy atom. The Hall–Kier alpha value is -1.77. The molecule has 0 aliphatic heterocycles. The summed E-state index contributed by atoms with van der Waals surface area (Å²) in [6.45, 7) is 4.20. The second-order valence-corrected chi connectivity index (χ2v) is 4.25. The van der Waals surface area contributed by atoms with Gasteiger partial charge in [-0.25, -0.2) is 0 Å². The van der Waals surface area contributed by atoms with Crippen LogP contribution in [0.25, 0.3) is 0 Å². The maximum atomic E-state index is 11.7. The molecule has 0 bridgehead atoms. The van der Waals surface area contributed by atoms with Gasteiger partial charge in [-0.1, -0.05) is 18.7 Å². The van der Waals surface area contributed by atoms with Crippen molar-refractivity contribution >= 4 is 5.91 Å². The highest BCUT2D eigenvalue weighted by Crippen LogP contribution is 2.28. The molecule has 1 aromatic carbocycles. The van der Waals surface area contributed by atoms with Crippen molar-refractivity contribution in [1.29, 1.82) is 0 Å². The van der Waals surface area contributed by atoms with Crippen molar-refractivity contribution in [1.82, 2.24) is 4.90 Å². The van der Waals surface area contributed by atoms with Gasteiger partial charge in [0.15, 0.2) is 0 Å². The summed E-state index contributed by atoms with van der Waals surface area (Å²) in [7, 11) is 1.65. The Labute approximate surface area is 102 Å². The maximum absolute atomic E-state index is 11.7. The van der Waals surface area contributed by atoms with Crippen molar-refractivity contribution in [2.24, 2.45) is 0 Å². The van der Waals surface area contributed by atoms with Crippen molar-refractivity contribution < 1.29 is 9.53 Å². The third kappa shape index (κ3) is 2.87. The first-order valence-electron chi connectivity index (χ1n) is 5.80. The number of methoxy groups -OCH3 is 1. The SMILES string of the molecule is C=CC(=O)N(Cc1ccc(OC)cc1)C1CC1. The van der Waals surface area contributed by atoms with E-state index in [0.29, 0.717) is 12.6 Å². The highest BCUT2D eigenvalue weighted by Gasteiger charge is 2.31. The van der Waals surface area contributed by atoms with E-state index in [-0.39, 0.29) is 5.91 Å². The van der Waals surface area contributed by atoms with Crippen LogP contribution in [-0.2, 0) is 11.3 Å². The summed E-state index contributed by atoms with van der Waals surface area (Å²) in [5, 5.41) is 0. The first-order chi connectivity index (χ1) is 8.24. The molecule has 2 rings (SSSR count). The van der Waals surface area contributed by atoms with E-state index >= 15 is 0 Å². The molecule has 90 valence electrons. The molecule has 1 amide bonds. The highest BCUT2D eigenvalue weighted by molar-refractivity contribution is 5.87. The molecular formula is C14H17NO2. The fourth-order valence-corrected chi connectivity index (χ4v) is 1.82. The molecule has 0 radical (unpaired) electrons. The predicted molar refractivity (Wildman–Crippen MR) is 66.8 cm³/mol. The van der Waals surface area contributed by atoms with Gasteiger partial charge in [-0.3, -0.25) is 4.79 Å². The molecule has 0 N–H and O–H groups in total. The van der Waals surface area contributed by atoms with Crippen molar-refractivity contribution in [3.63, 3.8) is 0 Å². The molecule has 3 nitrogen and oxygen atoms in total. The lowest BCUT2D eigenvalue weighted by Gasteiger charge is -2.20. The molecule has 0 aromatic heterocycles. The number of ether oxygens (including phenoxy) is 1. The predicted octanol–water partition coefficient (Wildman–Crippen LogP) is 2.37. The van der Waals surface area contributed by atoms with Crippen LogP contribution < -0.4 is 4.74 Å². The fourth-order valence-electron chi connectivity index (χ4n) is 1.82. The monoisotopic (exact) mass is 231 g/mol. The van der Waals surface area contributed by atoms with E-state index in [0.717, 1.165) is 24.2 Å². The van der Waals surface area contributed by atoms with E-state index in [9.17, 15) is 4.79 Å². The lowest BCUT2D eigenvalue weighted by atomic mass is 10.2. The normalized spacial score (nSPS) is 14.2. The number of hydrogen-bond acceptors (Lipinski definition) is 2. The maximum Gasteiger partial charge on any atom is 0.246 e. The van der Waals surface area contributed by atoms with E-state index < -0.39 is 0 Å². The molecule has 0 spiro atoms. The van der Waals surface area contributed by atoms with Crippen LogP contribution in [0.15, 0.2) is 36.9 Å². The highest BCUT2D eigenvalue weighted by atomic mass is 16.5. The lowest BCUT2D eigenvalue weighted by Crippen LogP contribution is -2.30. The second-order valence-electron chi connectivity index (χ2n) is 4.25. The number of carbonyl (C=O) groups is 1. The summed E-state index contributed by atoms with van der Waals surface area (Å²) >= 11 is 0. The number of hydrogen-bond donors (Lipinski definition) is 0. The van der Waals surface area contributed by atoms with Crippen LogP contribution in [0.1, 0.15) is 18.4 Å². The van der Waals surface area contributed by atoms with Crippen LogP contribution >= 0.6 is 0 Å². The molecule has 1 aliphatic rings. The molecule has 17 heavy (non-hydrogen) atoms. The topological polar surface area (TPSA) is 29.5 Å². The molecule has 1 aromatic rings. The number of carbonyl (C=O) groups excluding carboxylic acids is 1. The molecule has 0 unspecified atom stereocenters. The van der Waals surface area contributed by atoms with Gasteiger partial charge in [0.05, 0.1) is 7.11 Å². The van der Waals surface area contributed by atoms with Crippen molar-refractivity contribution in [3.05, 3.63) is 42.5 Å². The molecule has 0 saturated heterocycles. The van der Waals surface area contributed by atoms with E-state index in [1.54, 1.807) is 7.11 Å². The zero-order valence-electron chi connectivity index (χ0n) is 10.1. The standard InChI is InChI=1S/C14H17NO2/c1-3-14(16)15(12-6-7-12)10-11-4-8-13(17-2)9-5-11/h3-5,8-9,12H,1,6-7,10H2,2H3. The summed E-state index contributed by atoms with van der Waals surface area (Å²) in [4.78, 5) is 13.6. The number of nitrogens with zero attached hydrogens (tertiary/aromatic N) is 1. The molecule has 1 aliphatic carbocycles. The van der Waals surface area contributed by atoms with E-state index in [4.69, 9.17) is 4.74 Å². The lowest BCUT2D eigenvalue weighted by molar-refractivity contribution is -0.127. The summed E-state index contributed by atoms with van der Waals surface area (Å²) in [5.74, 6) is 0.852. The van der Waals surface area contributed by atoms with E-state index in [1.807, 2.05) is 29.2 Å². The van der Waals surface area contributed by atoms with Gasteiger partial charge in [0.25, 0.3) is 0 Å². The minimum atomic E-state index is 0.0170. The van der Waals surface area contributed by atoms with Gasteiger partial charge in [0.2, 0.25) is 5.91 Å². The van der Waals surface area contributed by atoms with Gasteiger partial charge in [0, 0.05) is 12.6 Å². The number of benzene rings is 1. The van der Waals surface area contributed by atoms with Crippen molar-refractivity contribution in [2.45, 2.75) is 25.4 Å². The zero-order chi connectivity index (χ0) is 12.3. The zero-order valence-corrected chi connectivity index (χ0v) is 10.1. The van der Waals surface area contributed by atoms with Crippen LogP contribution in [0, 0.1) is 0 Å². The largest absolute Gasteiger partial charge is 0.497 e. The van der Waals surface area contributed by atoms with Crippen LogP contribution in [0.2, 0.25) is 0 Å². The average molecular weight is 231 g/mol. The Morgan fingerprint density at radius 2 is 2.12 bits per heavy atom. The van der Waals surface area contributed by atoms with E-state index in [1.165, 1.54) is 6.08 Å². The summed E-state index contributed by atoms with van der Waals surface area (Å²) in [6.07, 6.45) is 3.60. The quantitative estimate of drug-likeness (QED) is 0.728. The summed E-state index contributed by atoms with van der Waals surface area (Å²) in [6, 6.07) is 8.22. The first kappa shape index (κ1) is 11.7. The Bertz CT molecular complexity index is 407. The summed E-state index contributed by atoms with van der Waals surface area (Å²) in [5.41, 5.74) is 1.12. The van der Waals surface area contributed by atoms with Crippen LogP contribution in [-0.4, -0.2) is 24.0 Å². The Morgan fingerprint density at radius 1 is 1.47 bits per heavy atom. The van der Waals surface area contributed by atoms with Gasteiger partial charge in [0.1, 0.15) is 5.75 Å². The minimum Gasteiger partial charge on any atom is -0.497 e. The molecule has 3 heteroatoms. The van der Waals surface area contributed by atoms with Crippen LogP contribution in [0.5, 0.6) is 5.75 Å². The third-order valence-electron chi connectivity index (χ3n) is 2.96. The average Bonchev–Trinajstić information content (AvgIpc) is 3.20. The Kier molecular flexibility index (Phi) is 3.47. The molecule has 1 fully saturated rings. The minimum absolute atomic E-state index is 0.0170. The van der Waals surface area contributed by atoms with E-state index in [2.05, 4.69) is 6.58 Å². The molecule has 0 heterocycles. The number of rotatable bonds is 5. The first-order valence-corrected chi connectivity index (χ1v) is 5.80. The molecular weight excluding hydrogens is 214 g/mol.